The molecule has 3 heteroatoms. The average Bonchev–Trinajstić information content (AvgIpc) is 2.82. The number of benzene rings is 1. The van der Waals surface area contributed by atoms with Crippen LogP contribution >= 0.6 is 0 Å². The first-order valence-electron chi connectivity index (χ1n) is 5.74. The van der Waals surface area contributed by atoms with Gasteiger partial charge in [0.05, 0.1) is 0 Å². The molecule has 1 aromatic carbocycles. The predicted octanol–water partition coefficient (Wildman–Crippen LogP) is 3.26. The highest BCUT2D eigenvalue weighted by Crippen LogP contribution is 2.12. The first-order valence-corrected chi connectivity index (χ1v) is 5.74. The van der Waals surface area contributed by atoms with Gasteiger partial charge < -0.3 is 9.32 Å². The van der Waals surface area contributed by atoms with Crippen LogP contribution in [0.15, 0.2) is 53.0 Å². The number of hydrogen-bond donors (Lipinski definition) is 0. The maximum absolute atomic E-state index is 11.9. The molecular formula is C15H15NO2. The molecule has 0 N–H and O–H groups in total. The van der Waals surface area contributed by atoms with Crippen molar-refractivity contribution in [3.05, 3.63) is 60.1 Å². The highest BCUT2D eigenvalue weighted by atomic mass is 16.3. The van der Waals surface area contributed by atoms with Crippen LogP contribution in [0.5, 0.6) is 0 Å². The number of furan rings is 1. The van der Waals surface area contributed by atoms with E-state index < -0.39 is 0 Å². The summed E-state index contributed by atoms with van der Waals surface area (Å²) >= 11 is 0. The smallest absolute Gasteiger partial charge is 0.250 e. The maximum atomic E-state index is 11.9. The second-order valence-electron chi connectivity index (χ2n) is 4.01. The Morgan fingerprint density at radius 1 is 1.17 bits per heavy atom. The summed E-state index contributed by atoms with van der Waals surface area (Å²) < 4.78 is 5.36. The van der Waals surface area contributed by atoms with E-state index in [-0.39, 0.29) is 5.91 Å². The molecule has 0 bridgehead atoms. The number of rotatable bonds is 3. The third kappa shape index (κ3) is 2.88. The van der Waals surface area contributed by atoms with Gasteiger partial charge in [0.25, 0.3) is 5.91 Å². The molecule has 0 aliphatic heterocycles. The lowest BCUT2D eigenvalue weighted by atomic mass is 10.3. The van der Waals surface area contributed by atoms with Crippen LogP contribution < -0.4 is 4.90 Å². The van der Waals surface area contributed by atoms with Crippen molar-refractivity contribution in [2.75, 3.05) is 11.9 Å². The number of para-hydroxylation sites is 1. The van der Waals surface area contributed by atoms with Crippen molar-refractivity contribution in [2.24, 2.45) is 0 Å². The van der Waals surface area contributed by atoms with Crippen LogP contribution in [0.1, 0.15) is 11.5 Å². The van der Waals surface area contributed by atoms with E-state index in [0.29, 0.717) is 5.76 Å². The number of hydrogen-bond acceptors (Lipinski definition) is 2. The highest BCUT2D eigenvalue weighted by molar-refractivity contribution is 6.03. The first kappa shape index (κ1) is 12.2. The molecule has 0 spiro atoms. The highest BCUT2D eigenvalue weighted by Gasteiger charge is 2.06. The van der Waals surface area contributed by atoms with Gasteiger partial charge in [-0.3, -0.25) is 4.79 Å². The van der Waals surface area contributed by atoms with E-state index in [9.17, 15) is 4.79 Å². The molecule has 92 valence electrons. The average molecular weight is 241 g/mol. The lowest BCUT2D eigenvalue weighted by molar-refractivity contribution is -0.113. The zero-order valence-corrected chi connectivity index (χ0v) is 10.5. The summed E-state index contributed by atoms with van der Waals surface area (Å²) in [6.07, 6.45) is 3.18. The number of likely N-dealkylation sites (N-methyl/N-ethyl adjacent to an activating group) is 1. The standard InChI is InChI=1S/C15H15NO2/c1-12-8-9-14(18-12)10-11-15(17)16(2)13-6-4-3-5-7-13/h3-11H,1-2H3. The molecule has 0 saturated carbocycles. The summed E-state index contributed by atoms with van der Waals surface area (Å²) in [7, 11) is 1.75. The van der Waals surface area contributed by atoms with Crippen molar-refractivity contribution >= 4 is 17.7 Å². The van der Waals surface area contributed by atoms with Crippen LogP contribution in [0.25, 0.3) is 6.08 Å². The molecule has 1 heterocycles. The normalized spacial score (nSPS) is 10.8. The summed E-state index contributed by atoms with van der Waals surface area (Å²) in [5.41, 5.74) is 0.864. The molecule has 0 aliphatic carbocycles. The fourth-order valence-corrected chi connectivity index (χ4v) is 1.59. The van der Waals surface area contributed by atoms with Crippen LogP contribution in [0.3, 0.4) is 0 Å². The fraction of sp³-hybridized carbons (Fsp3) is 0.133. The Hall–Kier alpha value is -2.29. The van der Waals surface area contributed by atoms with Gasteiger partial charge in [0.1, 0.15) is 11.5 Å². The molecule has 3 nitrogen and oxygen atoms in total. The van der Waals surface area contributed by atoms with E-state index in [1.165, 1.54) is 6.08 Å². The number of amides is 1. The summed E-state index contributed by atoms with van der Waals surface area (Å²) in [5.74, 6) is 1.43. The SMILES string of the molecule is Cc1ccc(C=CC(=O)N(C)c2ccccc2)o1. The van der Waals surface area contributed by atoms with Crippen LogP contribution in [0.2, 0.25) is 0 Å². The van der Waals surface area contributed by atoms with Gasteiger partial charge in [0.2, 0.25) is 0 Å². The van der Waals surface area contributed by atoms with Crippen molar-refractivity contribution in [3.8, 4) is 0 Å². The molecule has 0 aliphatic rings. The Morgan fingerprint density at radius 3 is 2.50 bits per heavy atom. The Balaban J connectivity index is 2.06. The number of anilines is 1. The molecule has 0 saturated heterocycles. The van der Waals surface area contributed by atoms with Gasteiger partial charge in [-0.15, -0.1) is 0 Å². The number of carbonyl (C=O) groups is 1. The van der Waals surface area contributed by atoms with Gasteiger partial charge in [-0.1, -0.05) is 18.2 Å². The van der Waals surface area contributed by atoms with E-state index in [0.717, 1.165) is 11.4 Å². The second kappa shape index (κ2) is 5.36. The summed E-state index contributed by atoms with van der Waals surface area (Å²) in [4.78, 5) is 13.5. The second-order valence-corrected chi connectivity index (χ2v) is 4.01. The monoisotopic (exact) mass is 241 g/mol. The molecule has 1 amide bonds. The van der Waals surface area contributed by atoms with Crippen LogP contribution in [-0.2, 0) is 4.79 Å². The molecule has 18 heavy (non-hydrogen) atoms. The van der Waals surface area contributed by atoms with E-state index in [1.807, 2.05) is 49.4 Å². The molecular weight excluding hydrogens is 226 g/mol. The third-order valence-corrected chi connectivity index (χ3v) is 2.63. The Bertz CT molecular complexity index is 555. The van der Waals surface area contributed by atoms with Crippen molar-refractivity contribution in [1.29, 1.82) is 0 Å². The van der Waals surface area contributed by atoms with Gasteiger partial charge in [0.15, 0.2) is 0 Å². The minimum atomic E-state index is -0.0877. The van der Waals surface area contributed by atoms with Crippen LogP contribution in [0, 0.1) is 6.92 Å². The van der Waals surface area contributed by atoms with Gasteiger partial charge in [-0.05, 0) is 37.3 Å². The molecule has 1 aromatic heterocycles. The number of nitrogens with zero attached hydrogens (tertiary/aromatic N) is 1. The quantitative estimate of drug-likeness (QED) is 0.773. The minimum Gasteiger partial charge on any atom is -0.462 e. The van der Waals surface area contributed by atoms with Crippen molar-refractivity contribution in [1.82, 2.24) is 0 Å². The Morgan fingerprint density at radius 2 is 1.89 bits per heavy atom. The Labute approximate surface area is 106 Å². The fourth-order valence-electron chi connectivity index (χ4n) is 1.59. The van der Waals surface area contributed by atoms with E-state index in [2.05, 4.69) is 0 Å². The zero-order valence-electron chi connectivity index (χ0n) is 10.5. The topological polar surface area (TPSA) is 33.5 Å². The molecule has 0 radical (unpaired) electrons. The first-order chi connectivity index (χ1) is 8.66. The van der Waals surface area contributed by atoms with Gasteiger partial charge >= 0.3 is 0 Å². The lowest BCUT2D eigenvalue weighted by Crippen LogP contribution is -2.23. The predicted molar refractivity (Wildman–Crippen MR) is 72.3 cm³/mol. The van der Waals surface area contributed by atoms with Crippen molar-refractivity contribution in [3.63, 3.8) is 0 Å². The van der Waals surface area contributed by atoms with Crippen molar-refractivity contribution in [2.45, 2.75) is 6.92 Å². The van der Waals surface area contributed by atoms with Crippen LogP contribution in [0.4, 0.5) is 5.69 Å². The molecule has 0 atom stereocenters. The third-order valence-electron chi connectivity index (χ3n) is 2.63. The van der Waals surface area contributed by atoms with Crippen molar-refractivity contribution < 1.29 is 9.21 Å². The molecule has 2 rings (SSSR count). The number of carbonyl (C=O) groups excluding carboxylic acids is 1. The summed E-state index contributed by atoms with van der Waals surface area (Å²) in [6, 6.07) is 13.2. The zero-order chi connectivity index (χ0) is 13.0. The molecule has 0 unspecified atom stereocenters. The van der Waals surface area contributed by atoms with Crippen LogP contribution in [-0.4, -0.2) is 13.0 Å². The molecule has 2 aromatic rings. The Kier molecular flexibility index (Phi) is 3.63. The van der Waals surface area contributed by atoms with E-state index in [4.69, 9.17) is 4.42 Å². The summed E-state index contributed by atoms with van der Waals surface area (Å²) in [5, 5.41) is 0. The largest absolute Gasteiger partial charge is 0.462 e. The van der Waals surface area contributed by atoms with E-state index in [1.54, 1.807) is 18.0 Å². The maximum Gasteiger partial charge on any atom is 0.250 e. The molecule has 0 fully saturated rings. The van der Waals surface area contributed by atoms with E-state index >= 15 is 0 Å². The van der Waals surface area contributed by atoms with Gasteiger partial charge in [0, 0.05) is 18.8 Å². The number of aryl methyl sites for hydroxylation is 1. The van der Waals surface area contributed by atoms with Gasteiger partial charge in [-0.2, -0.15) is 0 Å². The lowest BCUT2D eigenvalue weighted by Gasteiger charge is -2.14. The minimum absolute atomic E-state index is 0.0877. The van der Waals surface area contributed by atoms with Gasteiger partial charge in [-0.25, -0.2) is 0 Å². The summed E-state index contributed by atoms with van der Waals surface area (Å²) in [6.45, 7) is 1.87.